The summed E-state index contributed by atoms with van der Waals surface area (Å²) in [4.78, 5) is 16.7. The molecule has 2 heterocycles. The van der Waals surface area contributed by atoms with E-state index in [2.05, 4.69) is 22.2 Å². The topological polar surface area (TPSA) is 44.8 Å². The molecule has 1 amide bonds. The second kappa shape index (κ2) is 7.38. The predicted molar refractivity (Wildman–Crippen MR) is 79.8 cm³/mol. The number of hydrogen-bond acceptors (Lipinski definition) is 4. The van der Waals surface area contributed by atoms with E-state index < -0.39 is 0 Å². The van der Waals surface area contributed by atoms with Gasteiger partial charge in [-0.1, -0.05) is 6.92 Å². The molecule has 2 fully saturated rings. The summed E-state index contributed by atoms with van der Waals surface area (Å²) in [6, 6.07) is 0. The summed E-state index contributed by atoms with van der Waals surface area (Å²) >= 11 is 0. The number of carbonyl (C=O) groups is 1. The highest BCUT2D eigenvalue weighted by molar-refractivity contribution is 5.75. The van der Waals surface area contributed by atoms with Crippen LogP contribution in [0.25, 0.3) is 0 Å². The third-order valence-corrected chi connectivity index (χ3v) is 4.57. The Hall–Kier alpha value is -0.650. The Morgan fingerprint density at radius 1 is 1.30 bits per heavy atom. The Morgan fingerprint density at radius 3 is 2.65 bits per heavy atom. The SMILES string of the molecule is CCCC(=O)NCC1(N2CCN(C)CC2)CCCOC1. The molecule has 20 heavy (non-hydrogen) atoms. The molecule has 1 atom stereocenters. The van der Waals surface area contributed by atoms with Gasteiger partial charge in [-0.3, -0.25) is 9.69 Å². The van der Waals surface area contributed by atoms with Crippen molar-refractivity contribution in [2.45, 2.75) is 38.1 Å². The Labute approximate surface area is 122 Å². The van der Waals surface area contributed by atoms with E-state index in [1.165, 1.54) is 0 Å². The second-order valence-electron chi connectivity index (χ2n) is 6.20. The van der Waals surface area contributed by atoms with E-state index in [4.69, 9.17) is 4.74 Å². The van der Waals surface area contributed by atoms with Gasteiger partial charge in [-0.25, -0.2) is 0 Å². The number of amides is 1. The zero-order valence-electron chi connectivity index (χ0n) is 13.0. The molecule has 116 valence electrons. The molecule has 0 aromatic heterocycles. The summed E-state index contributed by atoms with van der Waals surface area (Å²) in [5.74, 6) is 0.173. The molecule has 2 saturated heterocycles. The lowest BCUT2D eigenvalue weighted by atomic mass is 9.89. The molecule has 5 nitrogen and oxygen atoms in total. The molecule has 0 saturated carbocycles. The van der Waals surface area contributed by atoms with E-state index in [-0.39, 0.29) is 11.4 Å². The number of ether oxygens (including phenoxy) is 1. The van der Waals surface area contributed by atoms with Crippen LogP contribution in [0.3, 0.4) is 0 Å². The van der Waals surface area contributed by atoms with Crippen molar-refractivity contribution in [1.82, 2.24) is 15.1 Å². The first-order valence-electron chi connectivity index (χ1n) is 7.94. The van der Waals surface area contributed by atoms with Gasteiger partial charge in [0.25, 0.3) is 0 Å². The molecule has 0 radical (unpaired) electrons. The van der Waals surface area contributed by atoms with Gasteiger partial charge in [0.05, 0.1) is 12.1 Å². The standard InChI is InChI=1S/C15H29N3O2/c1-3-5-14(19)16-12-15(6-4-11-20-13-15)18-9-7-17(2)8-10-18/h3-13H2,1-2H3,(H,16,19). The van der Waals surface area contributed by atoms with E-state index in [0.29, 0.717) is 6.42 Å². The lowest BCUT2D eigenvalue weighted by Crippen LogP contribution is -2.64. The van der Waals surface area contributed by atoms with Crippen LogP contribution in [0.5, 0.6) is 0 Å². The van der Waals surface area contributed by atoms with Gasteiger partial charge in [-0.15, -0.1) is 0 Å². The first kappa shape index (κ1) is 15.7. The Balaban J connectivity index is 1.96. The van der Waals surface area contributed by atoms with Crippen LogP contribution in [0.15, 0.2) is 0 Å². The lowest BCUT2D eigenvalue weighted by Gasteiger charge is -2.49. The van der Waals surface area contributed by atoms with Gasteiger partial charge in [0.2, 0.25) is 5.91 Å². The van der Waals surface area contributed by atoms with Gasteiger partial charge < -0.3 is 15.0 Å². The monoisotopic (exact) mass is 283 g/mol. The molecule has 0 aromatic carbocycles. The number of piperazine rings is 1. The fourth-order valence-electron chi connectivity index (χ4n) is 3.20. The van der Waals surface area contributed by atoms with Crippen LogP contribution < -0.4 is 5.32 Å². The van der Waals surface area contributed by atoms with Gasteiger partial charge in [-0.2, -0.15) is 0 Å². The van der Waals surface area contributed by atoms with Crippen molar-refractivity contribution in [3.63, 3.8) is 0 Å². The molecule has 0 aromatic rings. The highest BCUT2D eigenvalue weighted by atomic mass is 16.5. The fourth-order valence-corrected chi connectivity index (χ4v) is 3.20. The number of nitrogens with one attached hydrogen (secondary N) is 1. The highest BCUT2D eigenvalue weighted by Gasteiger charge is 2.40. The van der Waals surface area contributed by atoms with Crippen LogP contribution in [-0.2, 0) is 9.53 Å². The zero-order chi connectivity index (χ0) is 14.4. The number of nitrogens with zero attached hydrogens (tertiary/aromatic N) is 2. The van der Waals surface area contributed by atoms with Gasteiger partial charge >= 0.3 is 0 Å². The molecular weight excluding hydrogens is 254 g/mol. The van der Waals surface area contributed by atoms with Crippen LogP contribution >= 0.6 is 0 Å². The van der Waals surface area contributed by atoms with Crippen LogP contribution in [-0.4, -0.2) is 74.2 Å². The second-order valence-corrected chi connectivity index (χ2v) is 6.20. The number of likely N-dealkylation sites (N-methyl/N-ethyl adjacent to an activating group) is 1. The maximum atomic E-state index is 11.8. The first-order valence-corrected chi connectivity index (χ1v) is 7.94. The minimum Gasteiger partial charge on any atom is -0.379 e. The molecule has 5 heteroatoms. The molecule has 0 aliphatic carbocycles. The molecule has 2 aliphatic rings. The van der Waals surface area contributed by atoms with Crippen LogP contribution in [0.4, 0.5) is 0 Å². The normalized spacial score (nSPS) is 29.3. The molecule has 0 bridgehead atoms. The Kier molecular flexibility index (Phi) is 5.81. The van der Waals surface area contributed by atoms with Crippen molar-refractivity contribution >= 4 is 5.91 Å². The highest BCUT2D eigenvalue weighted by Crippen LogP contribution is 2.27. The Morgan fingerprint density at radius 2 is 2.05 bits per heavy atom. The average molecular weight is 283 g/mol. The van der Waals surface area contributed by atoms with Gasteiger partial charge in [0, 0.05) is 45.8 Å². The summed E-state index contributed by atoms with van der Waals surface area (Å²) in [5.41, 5.74) is 0.0168. The van der Waals surface area contributed by atoms with Crippen LogP contribution in [0, 0.1) is 0 Å². The van der Waals surface area contributed by atoms with Crippen molar-refractivity contribution in [3.8, 4) is 0 Å². The number of carbonyl (C=O) groups excluding carboxylic acids is 1. The van der Waals surface area contributed by atoms with Crippen molar-refractivity contribution < 1.29 is 9.53 Å². The molecule has 1 unspecified atom stereocenters. The fraction of sp³-hybridized carbons (Fsp3) is 0.933. The zero-order valence-corrected chi connectivity index (χ0v) is 13.0. The first-order chi connectivity index (χ1) is 9.66. The maximum absolute atomic E-state index is 11.8. The third kappa shape index (κ3) is 3.93. The molecular formula is C15H29N3O2. The van der Waals surface area contributed by atoms with Crippen LogP contribution in [0.2, 0.25) is 0 Å². The largest absolute Gasteiger partial charge is 0.379 e. The minimum absolute atomic E-state index is 0.0168. The van der Waals surface area contributed by atoms with E-state index >= 15 is 0 Å². The van der Waals surface area contributed by atoms with Crippen molar-refractivity contribution in [1.29, 1.82) is 0 Å². The summed E-state index contributed by atoms with van der Waals surface area (Å²) in [6.45, 7) is 8.74. The van der Waals surface area contributed by atoms with Gasteiger partial charge in [0.15, 0.2) is 0 Å². The average Bonchev–Trinajstić information content (AvgIpc) is 2.47. The van der Waals surface area contributed by atoms with Crippen molar-refractivity contribution in [2.75, 3.05) is 53.0 Å². The Bertz CT molecular complexity index is 308. The molecule has 0 spiro atoms. The predicted octanol–water partition coefficient (Wildman–Crippen LogP) is 0.699. The van der Waals surface area contributed by atoms with Crippen molar-refractivity contribution in [3.05, 3.63) is 0 Å². The van der Waals surface area contributed by atoms with Gasteiger partial charge in [-0.05, 0) is 26.3 Å². The number of hydrogen-bond donors (Lipinski definition) is 1. The quantitative estimate of drug-likeness (QED) is 0.807. The maximum Gasteiger partial charge on any atom is 0.220 e. The minimum atomic E-state index is 0.0168. The van der Waals surface area contributed by atoms with E-state index in [0.717, 1.165) is 65.2 Å². The molecule has 2 rings (SSSR count). The lowest BCUT2D eigenvalue weighted by molar-refractivity contribution is -0.123. The molecule has 1 N–H and O–H groups in total. The van der Waals surface area contributed by atoms with E-state index in [1.54, 1.807) is 0 Å². The smallest absolute Gasteiger partial charge is 0.220 e. The van der Waals surface area contributed by atoms with E-state index in [1.807, 2.05) is 6.92 Å². The summed E-state index contributed by atoms with van der Waals surface area (Å²) < 4.78 is 5.75. The molecule has 2 aliphatic heterocycles. The number of rotatable bonds is 5. The van der Waals surface area contributed by atoms with Crippen molar-refractivity contribution in [2.24, 2.45) is 0 Å². The summed E-state index contributed by atoms with van der Waals surface area (Å²) in [5, 5.41) is 3.13. The third-order valence-electron chi connectivity index (χ3n) is 4.57. The summed E-state index contributed by atoms with van der Waals surface area (Å²) in [7, 11) is 2.17. The summed E-state index contributed by atoms with van der Waals surface area (Å²) in [6.07, 6.45) is 3.75. The van der Waals surface area contributed by atoms with E-state index in [9.17, 15) is 4.79 Å². The van der Waals surface area contributed by atoms with Crippen LogP contribution in [0.1, 0.15) is 32.6 Å². The van der Waals surface area contributed by atoms with Gasteiger partial charge in [0.1, 0.15) is 0 Å².